The van der Waals surface area contributed by atoms with Crippen LogP contribution in [0, 0.1) is 18.3 Å². The molecular formula is C17H16N2O2. The minimum Gasteiger partial charge on any atom is -0.462 e. The van der Waals surface area contributed by atoms with E-state index in [4.69, 9.17) is 9.68 Å². The van der Waals surface area contributed by atoms with Gasteiger partial charge in [-0.2, -0.15) is 5.26 Å². The Morgan fingerprint density at radius 3 is 2.71 bits per heavy atom. The maximum Gasteiger partial charge on any atom is 0.266 e. The Morgan fingerprint density at radius 1 is 1.33 bits per heavy atom. The van der Waals surface area contributed by atoms with Gasteiger partial charge >= 0.3 is 0 Å². The van der Waals surface area contributed by atoms with Gasteiger partial charge in [0.05, 0.1) is 0 Å². The average Bonchev–Trinajstić information content (AvgIpc) is 2.90. The van der Waals surface area contributed by atoms with Gasteiger partial charge in [-0.1, -0.05) is 25.1 Å². The van der Waals surface area contributed by atoms with Crippen molar-refractivity contribution in [2.24, 2.45) is 0 Å². The second-order valence-corrected chi connectivity index (χ2v) is 4.58. The summed E-state index contributed by atoms with van der Waals surface area (Å²) in [5.41, 5.74) is 1.76. The van der Waals surface area contributed by atoms with Crippen molar-refractivity contribution in [1.82, 2.24) is 0 Å². The third-order valence-corrected chi connectivity index (χ3v) is 3.06. The Labute approximate surface area is 123 Å². The molecule has 0 saturated heterocycles. The van der Waals surface area contributed by atoms with Crippen LogP contribution >= 0.6 is 0 Å². The largest absolute Gasteiger partial charge is 0.462 e. The summed E-state index contributed by atoms with van der Waals surface area (Å²) < 4.78 is 5.35. The van der Waals surface area contributed by atoms with E-state index in [9.17, 15) is 4.79 Å². The fourth-order valence-corrected chi connectivity index (χ4v) is 1.96. The number of nitrogens with one attached hydrogen (secondary N) is 1. The van der Waals surface area contributed by atoms with Gasteiger partial charge in [-0.15, -0.1) is 0 Å². The molecule has 2 rings (SSSR count). The van der Waals surface area contributed by atoms with E-state index >= 15 is 0 Å². The Morgan fingerprint density at radius 2 is 2.10 bits per heavy atom. The fourth-order valence-electron chi connectivity index (χ4n) is 1.96. The molecule has 0 bridgehead atoms. The zero-order valence-electron chi connectivity index (χ0n) is 12.0. The molecule has 4 heteroatoms. The van der Waals surface area contributed by atoms with E-state index in [1.165, 1.54) is 6.08 Å². The monoisotopic (exact) mass is 280 g/mol. The molecule has 2 aromatic rings. The van der Waals surface area contributed by atoms with Crippen LogP contribution in [-0.4, -0.2) is 5.91 Å². The van der Waals surface area contributed by atoms with E-state index in [1.54, 1.807) is 19.1 Å². The first-order valence-electron chi connectivity index (χ1n) is 6.71. The standard InChI is InChI=1S/C17H16N2O2/c1-3-13-6-4-5-7-16(13)19-17(20)14(11-18)10-15-9-8-12(2)21-15/h4-10H,3H2,1-2H3,(H,19,20)/b14-10+. The molecule has 0 radical (unpaired) electrons. The van der Waals surface area contributed by atoms with Gasteiger partial charge in [0.25, 0.3) is 5.91 Å². The van der Waals surface area contributed by atoms with E-state index in [0.717, 1.165) is 23.4 Å². The van der Waals surface area contributed by atoms with Crippen molar-refractivity contribution >= 4 is 17.7 Å². The summed E-state index contributed by atoms with van der Waals surface area (Å²) in [7, 11) is 0. The Bertz CT molecular complexity index is 720. The molecule has 0 atom stereocenters. The topological polar surface area (TPSA) is 66.0 Å². The number of hydrogen-bond acceptors (Lipinski definition) is 3. The molecule has 4 nitrogen and oxygen atoms in total. The van der Waals surface area contributed by atoms with Gasteiger partial charge in [0.1, 0.15) is 23.2 Å². The summed E-state index contributed by atoms with van der Waals surface area (Å²) in [5.74, 6) is 0.783. The lowest BCUT2D eigenvalue weighted by Crippen LogP contribution is -2.14. The van der Waals surface area contributed by atoms with Gasteiger partial charge in [-0.25, -0.2) is 0 Å². The van der Waals surface area contributed by atoms with Gasteiger partial charge in [-0.05, 0) is 37.1 Å². The molecule has 0 aliphatic heterocycles. The Kier molecular flexibility index (Phi) is 4.57. The van der Waals surface area contributed by atoms with Crippen LogP contribution in [-0.2, 0) is 11.2 Å². The van der Waals surface area contributed by atoms with Crippen LogP contribution in [0.25, 0.3) is 6.08 Å². The van der Waals surface area contributed by atoms with Gasteiger partial charge in [-0.3, -0.25) is 4.79 Å². The lowest BCUT2D eigenvalue weighted by atomic mass is 10.1. The van der Waals surface area contributed by atoms with Crippen molar-refractivity contribution in [3.8, 4) is 6.07 Å². The van der Waals surface area contributed by atoms with Crippen LogP contribution < -0.4 is 5.32 Å². The lowest BCUT2D eigenvalue weighted by molar-refractivity contribution is -0.112. The molecule has 21 heavy (non-hydrogen) atoms. The van der Waals surface area contributed by atoms with E-state index in [-0.39, 0.29) is 5.57 Å². The second kappa shape index (κ2) is 6.58. The molecule has 1 aromatic carbocycles. The second-order valence-electron chi connectivity index (χ2n) is 4.58. The third-order valence-electron chi connectivity index (χ3n) is 3.06. The number of hydrogen-bond donors (Lipinski definition) is 1. The minimum absolute atomic E-state index is 0.00950. The maximum absolute atomic E-state index is 12.2. The highest BCUT2D eigenvalue weighted by molar-refractivity contribution is 6.09. The Balaban J connectivity index is 2.22. The van der Waals surface area contributed by atoms with E-state index in [0.29, 0.717) is 5.76 Å². The highest BCUT2D eigenvalue weighted by Crippen LogP contribution is 2.17. The van der Waals surface area contributed by atoms with Gasteiger partial charge in [0.15, 0.2) is 0 Å². The van der Waals surface area contributed by atoms with Crippen molar-refractivity contribution in [2.45, 2.75) is 20.3 Å². The molecule has 1 N–H and O–H groups in total. The van der Waals surface area contributed by atoms with Crippen LogP contribution in [0.5, 0.6) is 0 Å². The van der Waals surface area contributed by atoms with E-state index < -0.39 is 5.91 Å². The van der Waals surface area contributed by atoms with Crippen molar-refractivity contribution in [1.29, 1.82) is 5.26 Å². The van der Waals surface area contributed by atoms with Crippen molar-refractivity contribution in [2.75, 3.05) is 5.32 Å². The molecule has 1 heterocycles. The number of nitrogens with zero attached hydrogens (tertiary/aromatic N) is 1. The normalized spacial score (nSPS) is 11.0. The van der Waals surface area contributed by atoms with Crippen molar-refractivity contribution in [3.05, 3.63) is 59.1 Å². The summed E-state index contributed by atoms with van der Waals surface area (Å²) in [6.45, 7) is 3.82. The number of benzene rings is 1. The van der Waals surface area contributed by atoms with Crippen LogP contribution in [0.3, 0.4) is 0 Å². The number of carbonyl (C=O) groups is 1. The summed E-state index contributed by atoms with van der Waals surface area (Å²) in [5, 5.41) is 11.9. The predicted octanol–water partition coefficient (Wildman–Crippen LogP) is 3.70. The molecular weight excluding hydrogens is 264 g/mol. The number of anilines is 1. The summed E-state index contributed by atoms with van der Waals surface area (Å²) in [6, 6.07) is 12.9. The number of nitriles is 1. The summed E-state index contributed by atoms with van der Waals surface area (Å²) in [4.78, 5) is 12.2. The average molecular weight is 280 g/mol. The number of aryl methyl sites for hydroxylation is 2. The van der Waals surface area contributed by atoms with Crippen LogP contribution in [0.15, 0.2) is 46.4 Å². The maximum atomic E-state index is 12.2. The van der Waals surface area contributed by atoms with Crippen molar-refractivity contribution in [3.63, 3.8) is 0 Å². The quantitative estimate of drug-likeness (QED) is 0.686. The molecule has 1 aromatic heterocycles. The van der Waals surface area contributed by atoms with Gasteiger partial charge < -0.3 is 9.73 Å². The zero-order chi connectivity index (χ0) is 15.2. The van der Waals surface area contributed by atoms with Gasteiger partial charge in [0.2, 0.25) is 0 Å². The number of furan rings is 1. The zero-order valence-corrected chi connectivity index (χ0v) is 12.0. The Hall–Kier alpha value is -2.80. The molecule has 1 amide bonds. The minimum atomic E-state index is -0.438. The lowest BCUT2D eigenvalue weighted by Gasteiger charge is -2.08. The smallest absolute Gasteiger partial charge is 0.266 e. The molecule has 0 saturated carbocycles. The molecule has 0 unspecified atom stereocenters. The predicted molar refractivity (Wildman–Crippen MR) is 81.5 cm³/mol. The molecule has 0 aliphatic carbocycles. The van der Waals surface area contributed by atoms with Crippen LogP contribution in [0.2, 0.25) is 0 Å². The number of amides is 1. The molecule has 0 spiro atoms. The van der Waals surface area contributed by atoms with Crippen molar-refractivity contribution < 1.29 is 9.21 Å². The number of rotatable bonds is 4. The first-order valence-corrected chi connectivity index (χ1v) is 6.71. The van der Waals surface area contributed by atoms with Gasteiger partial charge in [0, 0.05) is 11.8 Å². The first-order chi connectivity index (χ1) is 10.1. The summed E-state index contributed by atoms with van der Waals surface area (Å²) in [6.07, 6.45) is 2.25. The molecule has 106 valence electrons. The molecule has 0 aliphatic rings. The van der Waals surface area contributed by atoms with Crippen LogP contribution in [0.4, 0.5) is 5.69 Å². The SMILES string of the molecule is CCc1ccccc1NC(=O)/C(C#N)=C/c1ccc(C)o1. The fraction of sp³-hybridized carbons (Fsp3) is 0.176. The number of carbonyl (C=O) groups excluding carboxylic acids is 1. The first kappa shape index (κ1) is 14.6. The molecule has 0 fully saturated rings. The highest BCUT2D eigenvalue weighted by atomic mass is 16.3. The van der Waals surface area contributed by atoms with E-state index in [2.05, 4.69) is 5.32 Å². The van der Waals surface area contributed by atoms with E-state index in [1.807, 2.05) is 37.3 Å². The third kappa shape index (κ3) is 3.61. The van der Waals surface area contributed by atoms with Crippen LogP contribution in [0.1, 0.15) is 24.0 Å². The highest BCUT2D eigenvalue weighted by Gasteiger charge is 2.12. The summed E-state index contributed by atoms with van der Waals surface area (Å²) >= 11 is 0. The number of para-hydroxylation sites is 1.